The van der Waals surface area contributed by atoms with E-state index in [9.17, 15) is 13.9 Å². The van der Waals surface area contributed by atoms with Crippen LogP contribution in [-0.2, 0) is 12.1 Å². The van der Waals surface area contributed by atoms with Gasteiger partial charge in [0.1, 0.15) is 0 Å². The summed E-state index contributed by atoms with van der Waals surface area (Å²) in [5, 5.41) is 11.5. The van der Waals surface area contributed by atoms with Crippen LogP contribution in [0, 0.1) is 23.5 Å². The van der Waals surface area contributed by atoms with Crippen molar-refractivity contribution in [2.75, 3.05) is 13.1 Å². The number of pyridine rings is 1. The molecule has 1 saturated heterocycles. The summed E-state index contributed by atoms with van der Waals surface area (Å²) in [4.78, 5) is 6.33. The SMILES string of the molecule is OC1(c2cccnc2)[C@H]2CCC[C@H]1CN(Cc1cccc(F)c1F)C2. The van der Waals surface area contributed by atoms with Gasteiger partial charge in [-0.1, -0.05) is 24.6 Å². The number of piperidine rings is 1. The third kappa shape index (κ3) is 2.85. The molecule has 2 bridgehead atoms. The Bertz CT molecular complexity index is 739. The summed E-state index contributed by atoms with van der Waals surface area (Å²) < 4.78 is 27.5. The van der Waals surface area contributed by atoms with Gasteiger partial charge < -0.3 is 5.11 Å². The molecule has 1 aromatic carbocycles. The van der Waals surface area contributed by atoms with Gasteiger partial charge in [-0.05, 0) is 25.0 Å². The Hall–Kier alpha value is -1.85. The molecule has 5 heteroatoms. The second kappa shape index (κ2) is 6.46. The zero-order valence-corrected chi connectivity index (χ0v) is 14.0. The van der Waals surface area contributed by atoms with Crippen LogP contribution in [0.25, 0.3) is 0 Å². The van der Waals surface area contributed by atoms with Crippen LogP contribution < -0.4 is 0 Å². The average molecular weight is 344 g/mol. The fourth-order valence-corrected chi connectivity index (χ4v) is 4.65. The van der Waals surface area contributed by atoms with E-state index in [1.807, 2.05) is 12.1 Å². The Balaban J connectivity index is 1.58. The number of fused-ring (bicyclic) bond motifs is 2. The van der Waals surface area contributed by atoms with E-state index < -0.39 is 17.2 Å². The van der Waals surface area contributed by atoms with E-state index in [4.69, 9.17) is 0 Å². The number of benzene rings is 1. The standard InChI is InChI=1S/C20H22F2N2O/c21-18-8-1-4-14(19(18)22)11-24-12-16-5-2-6-17(13-24)20(16,25)15-7-3-9-23-10-15/h1,3-4,7-10,16-17,25H,2,5-6,11-13H2/t16-,17-/m0/s1. The predicted octanol–water partition coefficient (Wildman–Crippen LogP) is 3.48. The highest BCUT2D eigenvalue weighted by Gasteiger charge is 2.51. The number of rotatable bonds is 3. The van der Waals surface area contributed by atoms with E-state index in [2.05, 4.69) is 9.88 Å². The lowest BCUT2D eigenvalue weighted by atomic mass is 9.63. The number of halogens is 2. The van der Waals surface area contributed by atoms with Crippen LogP contribution in [-0.4, -0.2) is 28.1 Å². The van der Waals surface area contributed by atoms with Gasteiger partial charge in [0.15, 0.2) is 11.6 Å². The average Bonchev–Trinajstić information content (AvgIpc) is 2.60. The van der Waals surface area contributed by atoms with E-state index in [1.165, 1.54) is 0 Å². The smallest absolute Gasteiger partial charge is 0.163 e. The lowest BCUT2D eigenvalue weighted by Crippen LogP contribution is -2.57. The molecule has 2 atom stereocenters. The fourth-order valence-electron chi connectivity index (χ4n) is 4.65. The van der Waals surface area contributed by atoms with Crippen molar-refractivity contribution in [3.05, 3.63) is 65.5 Å². The van der Waals surface area contributed by atoms with Crippen molar-refractivity contribution in [3.63, 3.8) is 0 Å². The zero-order valence-electron chi connectivity index (χ0n) is 14.0. The number of likely N-dealkylation sites (tertiary alicyclic amines) is 1. The maximum atomic E-state index is 14.0. The molecular formula is C20H22F2N2O. The van der Waals surface area contributed by atoms with Crippen LogP contribution in [0.15, 0.2) is 42.7 Å². The molecule has 0 radical (unpaired) electrons. The summed E-state index contributed by atoms with van der Waals surface area (Å²) in [6.45, 7) is 1.73. The third-order valence-corrected chi connectivity index (χ3v) is 5.86. The largest absolute Gasteiger partial charge is 0.384 e. The first-order chi connectivity index (χ1) is 12.1. The van der Waals surface area contributed by atoms with Crippen molar-refractivity contribution in [2.45, 2.75) is 31.4 Å². The summed E-state index contributed by atoms with van der Waals surface area (Å²) in [6, 6.07) is 8.13. The van der Waals surface area contributed by atoms with Crippen molar-refractivity contribution < 1.29 is 13.9 Å². The molecule has 132 valence electrons. The van der Waals surface area contributed by atoms with Gasteiger partial charge in [-0.3, -0.25) is 9.88 Å². The second-order valence-corrected chi connectivity index (χ2v) is 7.30. The summed E-state index contributed by atoms with van der Waals surface area (Å²) in [5.74, 6) is -1.40. The molecule has 1 N–H and O–H groups in total. The van der Waals surface area contributed by atoms with E-state index in [-0.39, 0.29) is 11.8 Å². The van der Waals surface area contributed by atoms with Gasteiger partial charge >= 0.3 is 0 Å². The van der Waals surface area contributed by atoms with Gasteiger partial charge in [0.05, 0.1) is 5.60 Å². The van der Waals surface area contributed by atoms with E-state index in [1.54, 1.807) is 24.5 Å². The molecule has 1 aliphatic heterocycles. The van der Waals surface area contributed by atoms with Crippen LogP contribution in [0.4, 0.5) is 8.78 Å². The number of hydrogen-bond acceptors (Lipinski definition) is 3. The molecular weight excluding hydrogens is 322 g/mol. The van der Waals surface area contributed by atoms with E-state index in [0.29, 0.717) is 25.2 Å². The monoisotopic (exact) mass is 344 g/mol. The van der Waals surface area contributed by atoms with Gasteiger partial charge in [0.2, 0.25) is 0 Å². The summed E-state index contributed by atoms with van der Waals surface area (Å²) in [7, 11) is 0. The zero-order chi connectivity index (χ0) is 17.4. The first-order valence-corrected chi connectivity index (χ1v) is 8.87. The molecule has 4 rings (SSSR count). The molecule has 2 heterocycles. The predicted molar refractivity (Wildman–Crippen MR) is 90.6 cm³/mol. The van der Waals surface area contributed by atoms with Crippen molar-refractivity contribution >= 4 is 0 Å². The number of aliphatic hydroxyl groups is 1. The first kappa shape index (κ1) is 16.6. The highest BCUT2D eigenvalue weighted by atomic mass is 19.2. The lowest BCUT2D eigenvalue weighted by Gasteiger charge is -2.53. The molecule has 2 aromatic rings. The third-order valence-electron chi connectivity index (χ3n) is 5.86. The minimum Gasteiger partial charge on any atom is -0.384 e. The van der Waals surface area contributed by atoms with Crippen molar-refractivity contribution in [3.8, 4) is 0 Å². The molecule has 2 fully saturated rings. The van der Waals surface area contributed by atoms with Crippen LogP contribution in [0.5, 0.6) is 0 Å². The van der Waals surface area contributed by atoms with Crippen LogP contribution in [0.1, 0.15) is 30.4 Å². The number of nitrogens with zero attached hydrogens (tertiary/aromatic N) is 2. The Morgan fingerprint density at radius 1 is 1.12 bits per heavy atom. The molecule has 1 aliphatic carbocycles. The number of hydrogen-bond donors (Lipinski definition) is 1. The Morgan fingerprint density at radius 3 is 2.56 bits per heavy atom. The quantitative estimate of drug-likeness (QED) is 0.926. The molecule has 1 saturated carbocycles. The van der Waals surface area contributed by atoms with E-state index >= 15 is 0 Å². The van der Waals surface area contributed by atoms with Crippen molar-refractivity contribution in [1.82, 2.24) is 9.88 Å². The summed E-state index contributed by atoms with van der Waals surface area (Å²) >= 11 is 0. The van der Waals surface area contributed by atoms with Crippen molar-refractivity contribution in [2.24, 2.45) is 11.8 Å². The second-order valence-electron chi connectivity index (χ2n) is 7.30. The maximum absolute atomic E-state index is 14.0. The van der Waals surface area contributed by atoms with Gasteiger partial charge in [-0.2, -0.15) is 0 Å². The van der Waals surface area contributed by atoms with Crippen LogP contribution >= 0.6 is 0 Å². The molecule has 2 aliphatic rings. The van der Waals surface area contributed by atoms with Gasteiger partial charge in [-0.25, -0.2) is 8.78 Å². The summed E-state index contributed by atoms with van der Waals surface area (Å²) in [6.07, 6.45) is 6.44. The highest BCUT2D eigenvalue weighted by Crippen LogP contribution is 2.49. The first-order valence-electron chi connectivity index (χ1n) is 8.87. The highest BCUT2D eigenvalue weighted by molar-refractivity contribution is 5.24. The topological polar surface area (TPSA) is 36.4 Å². The minimum absolute atomic E-state index is 0.0841. The van der Waals surface area contributed by atoms with Crippen molar-refractivity contribution in [1.29, 1.82) is 0 Å². The van der Waals surface area contributed by atoms with E-state index in [0.717, 1.165) is 30.9 Å². The van der Waals surface area contributed by atoms with Gasteiger partial charge in [-0.15, -0.1) is 0 Å². The Labute approximate surface area is 146 Å². The molecule has 25 heavy (non-hydrogen) atoms. The number of aromatic nitrogens is 1. The van der Waals surface area contributed by atoms with Crippen LogP contribution in [0.2, 0.25) is 0 Å². The van der Waals surface area contributed by atoms with Gasteiger partial charge in [0.25, 0.3) is 0 Å². The molecule has 1 aromatic heterocycles. The Kier molecular flexibility index (Phi) is 4.29. The normalized spacial score (nSPS) is 29.6. The fraction of sp³-hybridized carbons (Fsp3) is 0.450. The summed E-state index contributed by atoms with van der Waals surface area (Å²) in [5.41, 5.74) is 0.384. The lowest BCUT2D eigenvalue weighted by molar-refractivity contribution is -0.148. The molecule has 0 unspecified atom stereocenters. The Morgan fingerprint density at radius 2 is 1.88 bits per heavy atom. The minimum atomic E-state index is -0.872. The molecule has 0 amide bonds. The van der Waals surface area contributed by atoms with Crippen LogP contribution in [0.3, 0.4) is 0 Å². The molecule has 0 spiro atoms. The maximum Gasteiger partial charge on any atom is 0.163 e. The van der Waals surface area contributed by atoms with Gasteiger partial charge in [0, 0.05) is 55.0 Å². The molecule has 3 nitrogen and oxygen atoms in total.